The normalized spacial score (nSPS) is 18.1. The number of guanidine groups is 1. The Hall–Kier alpha value is -2.57. The van der Waals surface area contributed by atoms with Gasteiger partial charge >= 0.3 is 0 Å². The van der Waals surface area contributed by atoms with Gasteiger partial charge in [-0.25, -0.2) is 4.99 Å². The van der Waals surface area contributed by atoms with Gasteiger partial charge in [0.25, 0.3) is 0 Å². The molecule has 0 spiro atoms. The van der Waals surface area contributed by atoms with Crippen LogP contribution in [0.4, 0.5) is 5.69 Å². The largest absolute Gasteiger partial charge is 0.490 e. The van der Waals surface area contributed by atoms with E-state index in [0.717, 1.165) is 16.8 Å². The Bertz CT molecular complexity index is 870. The van der Waals surface area contributed by atoms with Crippen LogP contribution in [0.1, 0.15) is 11.1 Å². The lowest BCUT2D eigenvalue weighted by atomic mass is 10.0. The number of hydrogen-bond donors (Lipinski definition) is 2. The molecule has 2 aliphatic rings. The molecule has 1 amide bonds. The lowest BCUT2D eigenvalue weighted by Crippen LogP contribution is -2.38. The molecule has 1 atom stereocenters. The van der Waals surface area contributed by atoms with Crippen molar-refractivity contribution < 1.29 is 14.6 Å². The molecule has 4 rings (SSSR count). The summed E-state index contributed by atoms with van der Waals surface area (Å²) < 4.78 is 5.48. The molecule has 2 aliphatic heterocycles. The van der Waals surface area contributed by atoms with Gasteiger partial charge in [0.15, 0.2) is 0 Å². The lowest BCUT2D eigenvalue weighted by Gasteiger charge is -2.29. The number of amides is 1. The average molecular weight is 372 g/mol. The van der Waals surface area contributed by atoms with Crippen molar-refractivity contribution in [3.05, 3.63) is 58.6 Å². The van der Waals surface area contributed by atoms with Gasteiger partial charge in [-0.2, -0.15) is 0 Å². The van der Waals surface area contributed by atoms with Crippen LogP contribution >= 0.6 is 11.6 Å². The van der Waals surface area contributed by atoms with E-state index in [1.807, 2.05) is 41.3 Å². The number of hydrogen-bond acceptors (Lipinski definition) is 5. The first kappa shape index (κ1) is 16.9. The molecule has 1 unspecified atom stereocenters. The van der Waals surface area contributed by atoms with Gasteiger partial charge in [0.1, 0.15) is 18.4 Å². The minimum absolute atomic E-state index is 0.0618. The molecule has 1 fully saturated rings. The minimum atomic E-state index is -0.331. The number of halogens is 1. The number of benzene rings is 2. The monoisotopic (exact) mass is 371 g/mol. The molecule has 26 heavy (non-hydrogen) atoms. The number of nitrogens with one attached hydrogen (secondary N) is 1. The lowest BCUT2D eigenvalue weighted by molar-refractivity contribution is -0.121. The fourth-order valence-corrected chi connectivity index (χ4v) is 3.54. The van der Waals surface area contributed by atoms with Gasteiger partial charge in [-0.1, -0.05) is 41.9 Å². The number of fused-ring (bicyclic) bond motifs is 2. The summed E-state index contributed by atoms with van der Waals surface area (Å²) in [6.07, 6.45) is 0.597. The number of carbonyl (C=O) groups excluding carboxylic acids is 1. The Labute approximate surface area is 156 Å². The number of nitrogens with zero attached hydrogens (tertiary/aromatic N) is 2. The van der Waals surface area contributed by atoms with Crippen LogP contribution in [-0.4, -0.2) is 41.1 Å². The second kappa shape index (κ2) is 6.97. The van der Waals surface area contributed by atoms with E-state index in [4.69, 9.17) is 21.4 Å². The van der Waals surface area contributed by atoms with Crippen LogP contribution in [0.2, 0.25) is 5.02 Å². The van der Waals surface area contributed by atoms with E-state index in [2.05, 4.69) is 10.3 Å². The van der Waals surface area contributed by atoms with Crippen LogP contribution in [0.5, 0.6) is 5.75 Å². The van der Waals surface area contributed by atoms with Gasteiger partial charge in [0.2, 0.25) is 11.9 Å². The predicted molar refractivity (Wildman–Crippen MR) is 98.7 cm³/mol. The molecule has 0 saturated carbocycles. The zero-order valence-electron chi connectivity index (χ0n) is 14.0. The molecule has 2 aromatic rings. The third kappa shape index (κ3) is 3.02. The third-order valence-corrected chi connectivity index (χ3v) is 4.96. The summed E-state index contributed by atoms with van der Waals surface area (Å²) >= 11 is 6.49. The van der Waals surface area contributed by atoms with Crippen LogP contribution in [0.3, 0.4) is 0 Å². The Morgan fingerprint density at radius 1 is 1.27 bits per heavy atom. The van der Waals surface area contributed by atoms with E-state index in [1.165, 1.54) is 0 Å². The van der Waals surface area contributed by atoms with Crippen molar-refractivity contribution in [3.8, 4) is 5.75 Å². The highest BCUT2D eigenvalue weighted by Crippen LogP contribution is 2.39. The predicted octanol–water partition coefficient (Wildman–Crippen LogP) is 2.26. The molecule has 134 valence electrons. The summed E-state index contributed by atoms with van der Waals surface area (Å²) in [5.41, 5.74) is 2.63. The molecule has 2 N–H and O–H groups in total. The Balaban J connectivity index is 1.63. The van der Waals surface area contributed by atoms with Crippen molar-refractivity contribution in [2.24, 2.45) is 4.99 Å². The van der Waals surface area contributed by atoms with E-state index >= 15 is 0 Å². The highest BCUT2D eigenvalue weighted by atomic mass is 35.5. The molecule has 0 radical (unpaired) electrons. The van der Waals surface area contributed by atoms with Crippen LogP contribution in [0.15, 0.2) is 47.5 Å². The van der Waals surface area contributed by atoms with Crippen molar-refractivity contribution >= 4 is 29.2 Å². The highest BCUT2D eigenvalue weighted by molar-refractivity contribution is 6.33. The molecular formula is C19H18ClN3O3. The van der Waals surface area contributed by atoms with Crippen LogP contribution in [0.25, 0.3) is 0 Å². The second-order valence-corrected chi connectivity index (χ2v) is 6.58. The molecule has 0 bridgehead atoms. The first-order valence-electron chi connectivity index (χ1n) is 8.42. The topological polar surface area (TPSA) is 74.2 Å². The molecule has 1 saturated heterocycles. The van der Waals surface area contributed by atoms with E-state index < -0.39 is 0 Å². The van der Waals surface area contributed by atoms with Gasteiger partial charge < -0.3 is 14.7 Å². The van der Waals surface area contributed by atoms with E-state index in [1.54, 1.807) is 6.07 Å². The van der Waals surface area contributed by atoms with Gasteiger partial charge in [0.05, 0.1) is 23.9 Å². The maximum atomic E-state index is 12.5. The highest BCUT2D eigenvalue weighted by Gasteiger charge is 2.39. The third-order valence-electron chi connectivity index (χ3n) is 4.54. The SMILES string of the molecule is O=C1NC2=Nc3ccc(OCCO)c(Cl)c3CN2C1Cc1ccccc1. The van der Waals surface area contributed by atoms with Crippen LogP contribution in [-0.2, 0) is 17.8 Å². The summed E-state index contributed by atoms with van der Waals surface area (Å²) in [6.45, 7) is 0.562. The molecule has 6 nitrogen and oxygen atoms in total. The van der Waals surface area contributed by atoms with E-state index in [-0.39, 0.29) is 25.2 Å². The Morgan fingerprint density at radius 2 is 2.08 bits per heavy atom. The molecule has 2 aromatic carbocycles. The van der Waals surface area contributed by atoms with Gasteiger partial charge in [-0.3, -0.25) is 10.1 Å². The standard InChI is InChI=1S/C19H18ClN3O3/c20-17-13-11-23-15(10-12-4-2-1-3-5-12)18(25)22-19(23)21-14(13)6-7-16(17)26-9-8-24/h1-7,15,24H,8-11H2,(H,21,22,25). The van der Waals surface area contributed by atoms with Crippen molar-refractivity contribution in [3.63, 3.8) is 0 Å². The smallest absolute Gasteiger partial charge is 0.249 e. The van der Waals surface area contributed by atoms with Crippen molar-refractivity contribution in [1.82, 2.24) is 10.2 Å². The van der Waals surface area contributed by atoms with Crippen molar-refractivity contribution in [1.29, 1.82) is 0 Å². The van der Waals surface area contributed by atoms with Crippen molar-refractivity contribution in [2.45, 2.75) is 19.0 Å². The number of rotatable bonds is 5. The van der Waals surface area contributed by atoms with Crippen LogP contribution in [0, 0.1) is 0 Å². The number of carbonyl (C=O) groups is 1. The summed E-state index contributed by atoms with van der Waals surface area (Å²) in [7, 11) is 0. The quantitative estimate of drug-likeness (QED) is 0.845. The summed E-state index contributed by atoms with van der Waals surface area (Å²) in [6, 6.07) is 13.1. The molecule has 0 aliphatic carbocycles. The molecular weight excluding hydrogens is 354 g/mol. The molecule has 2 heterocycles. The van der Waals surface area contributed by atoms with Gasteiger partial charge in [0, 0.05) is 12.0 Å². The Morgan fingerprint density at radius 3 is 2.85 bits per heavy atom. The maximum Gasteiger partial charge on any atom is 0.249 e. The Kier molecular flexibility index (Phi) is 4.53. The second-order valence-electron chi connectivity index (χ2n) is 6.21. The first-order chi connectivity index (χ1) is 12.7. The van der Waals surface area contributed by atoms with E-state index in [9.17, 15) is 4.79 Å². The number of aliphatic hydroxyl groups excluding tert-OH is 1. The number of aliphatic hydroxyl groups is 1. The summed E-state index contributed by atoms with van der Waals surface area (Å²) in [4.78, 5) is 19.0. The van der Waals surface area contributed by atoms with Crippen LogP contribution < -0.4 is 10.1 Å². The fourth-order valence-electron chi connectivity index (χ4n) is 3.27. The average Bonchev–Trinajstić information content (AvgIpc) is 2.95. The zero-order chi connectivity index (χ0) is 18.1. The summed E-state index contributed by atoms with van der Waals surface area (Å²) in [5, 5.41) is 12.3. The number of aliphatic imine (C=N–C) groups is 1. The van der Waals surface area contributed by atoms with Crippen molar-refractivity contribution in [2.75, 3.05) is 13.2 Å². The van der Waals surface area contributed by atoms with E-state index in [0.29, 0.717) is 29.7 Å². The zero-order valence-corrected chi connectivity index (χ0v) is 14.7. The van der Waals surface area contributed by atoms with Gasteiger partial charge in [-0.15, -0.1) is 0 Å². The maximum absolute atomic E-state index is 12.5. The molecule has 0 aromatic heterocycles. The molecule has 7 heteroatoms. The minimum Gasteiger partial charge on any atom is -0.490 e. The first-order valence-corrected chi connectivity index (χ1v) is 8.80. The summed E-state index contributed by atoms with van der Waals surface area (Å²) in [5.74, 6) is 1.01. The van der Waals surface area contributed by atoms with Gasteiger partial charge in [-0.05, 0) is 17.7 Å². The number of ether oxygens (including phenoxy) is 1. The fraction of sp³-hybridized carbons (Fsp3) is 0.263.